The molecule has 1 fully saturated rings. The van der Waals surface area contributed by atoms with E-state index in [0.29, 0.717) is 13.0 Å². The molecule has 82 valence electrons. The lowest BCUT2D eigenvalue weighted by Crippen LogP contribution is -2.19. The molecule has 2 amide bonds. The Hall–Kier alpha value is -1.65. The number of carbonyl (C=O) groups is 3. The van der Waals surface area contributed by atoms with Crippen molar-refractivity contribution in [2.45, 2.75) is 25.7 Å². The van der Waals surface area contributed by atoms with Crippen LogP contribution in [0.3, 0.4) is 0 Å². The Morgan fingerprint density at radius 2 is 1.67 bits per heavy atom. The minimum Gasteiger partial charge on any atom is -0.466 e. The van der Waals surface area contributed by atoms with Gasteiger partial charge in [-0.15, -0.1) is 0 Å². The highest BCUT2D eigenvalue weighted by atomic mass is 16.5. The van der Waals surface area contributed by atoms with Crippen molar-refractivity contribution in [2.24, 2.45) is 0 Å². The average Bonchev–Trinajstić information content (AvgIpc) is 2.44. The van der Waals surface area contributed by atoms with E-state index in [2.05, 4.69) is 0 Å². The maximum atomic E-state index is 10.5. The van der Waals surface area contributed by atoms with Gasteiger partial charge in [-0.05, 0) is 19.3 Å². The van der Waals surface area contributed by atoms with Gasteiger partial charge in [0.2, 0.25) is 0 Å². The van der Waals surface area contributed by atoms with Crippen molar-refractivity contribution in [3.63, 3.8) is 0 Å². The molecule has 5 nitrogen and oxygen atoms in total. The van der Waals surface area contributed by atoms with E-state index in [0.717, 1.165) is 19.3 Å². The fourth-order valence-corrected chi connectivity index (χ4v) is 1.16. The molecule has 5 heteroatoms. The minimum atomic E-state index is -0.329. The number of cyclic esters (lactones) is 1. The van der Waals surface area contributed by atoms with E-state index in [1.54, 1.807) is 0 Å². The Morgan fingerprint density at radius 1 is 1.00 bits per heavy atom. The van der Waals surface area contributed by atoms with Crippen LogP contribution in [0.1, 0.15) is 25.7 Å². The number of rotatable bonds is 0. The number of ether oxygens (including phenoxy) is 1. The molecule has 0 spiro atoms. The van der Waals surface area contributed by atoms with E-state index in [-0.39, 0.29) is 17.8 Å². The lowest BCUT2D eigenvalue weighted by atomic mass is 10.2. The number of nitrogens with one attached hydrogen (secondary N) is 1. The molecule has 1 N–H and O–H groups in total. The van der Waals surface area contributed by atoms with Gasteiger partial charge in [0, 0.05) is 18.6 Å². The third kappa shape index (κ3) is 4.95. The molecular formula is C10H13NO4. The van der Waals surface area contributed by atoms with Gasteiger partial charge in [0.25, 0.3) is 11.8 Å². The summed E-state index contributed by atoms with van der Waals surface area (Å²) in [6, 6.07) is 0. The highest BCUT2D eigenvalue weighted by Crippen LogP contribution is 2.06. The minimum absolute atomic E-state index is 0.0255. The van der Waals surface area contributed by atoms with Crippen LogP contribution < -0.4 is 5.32 Å². The molecule has 2 aliphatic heterocycles. The molecule has 0 saturated carbocycles. The summed E-state index contributed by atoms with van der Waals surface area (Å²) in [5.41, 5.74) is 0. The van der Waals surface area contributed by atoms with Gasteiger partial charge in [-0.3, -0.25) is 19.7 Å². The molecule has 2 aliphatic rings. The topological polar surface area (TPSA) is 72.5 Å². The zero-order valence-corrected chi connectivity index (χ0v) is 8.32. The number of hydrogen-bond acceptors (Lipinski definition) is 4. The van der Waals surface area contributed by atoms with Crippen LogP contribution >= 0.6 is 0 Å². The predicted octanol–water partition coefficient (Wildman–Crippen LogP) is 0.303. The number of amides is 2. The van der Waals surface area contributed by atoms with E-state index >= 15 is 0 Å². The highest BCUT2D eigenvalue weighted by molar-refractivity contribution is 6.12. The summed E-state index contributed by atoms with van der Waals surface area (Å²) in [6.07, 6.45) is 6.22. The molecule has 0 aromatic carbocycles. The van der Waals surface area contributed by atoms with Gasteiger partial charge in [-0.2, -0.15) is 0 Å². The van der Waals surface area contributed by atoms with Crippen LogP contribution in [0.2, 0.25) is 0 Å². The van der Waals surface area contributed by atoms with Gasteiger partial charge in [-0.25, -0.2) is 0 Å². The molecule has 0 atom stereocenters. The van der Waals surface area contributed by atoms with Gasteiger partial charge < -0.3 is 4.74 Å². The Labute approximate surface area is 87.5 Å². The third-order valence-electron chi connectivity index (χ3n) is 1.92. The number of imide groups is 1. The molecule has 0 unspecified atom stereocenters. The van der Waals surface area contributed by atoms with Gasteiger partial charge in [0.15, 0.2) is 0 Å². The van der Waals surface area contributed by atoms with Gasteiger partial charge in [-0.1, -0.05) is 0 Å². The average molecular weight is 211 g/mol. The van der Waals surface area contributed by atoms with Crippen LogP contribution in [-0.4, -0.2) is 24.4 Å². The zero-order chi connectivity index (χ0) is 11.1. The Balaban J connectivity index is 0.000000151. The molecule has 0 radical (unpaired) electrons. The third-order valence-corrected chi connectivity index (χ3v) is 1.92. The second-order valence-corrected chi connectivity index (χ2v) is 3.22. The van der Waals surface area contributed by atoms with Crippen molar-refractivity contribution in [1.29, 1.82) is 0 Å². The predicted molar refractivity (Wildman–Crippen MR) is 51.7 cm³/mol. The first-order valence-corrected chi connectivity index (χ1v) is 4.87. The summed E-state index contributed by atoms with van der Waals surface area (Å²) < 4.78 is 4.76. The zero-order valence-electron chi connectivity index (χ0n) is 8.32. The normalized spacial score (nSPS) is 19.9. The molecule has 0 bridgehead atoms. The molecular weight excluding hydrogens is 198 g/mol. The summed E-state index contributed by atoms with van der Waals surface area (Å²) in [6.45, 7) is 0.638. The smallest absolute Gasteiger partial charge is 0.305 e. The quantitative estimate of drug-likeness (QED) is 0.462. The highest BCUT2D eigenvalue weighted by Gasteiger charge is 2.07. The summed E-state index contributed by atoms with van der Waals surface area (Å²) in [5, 5.41) is 2.03. The van der Waals surface area contributed by atoms with Gasteiger partial charge in [0.1, 0.15) is 0 Å². The first-order valence-electron chi connectivity index (χ1n) is 4.87. The first kappa shape index (κ1) is 11.4. The van der Waals surface area contributed by atoms with E-state index < -0.39 is 0 Å². The molecule has 0 aliphatic carbocycles. The lowest BCUT2D eigenvalue weighted by molar-refractivity contribution is -0.142. The van der Waals surface area contributed by atoms with E-state index in [9.17, 15) is 14.4 Å². The molecule has 0 aromatic rings. The second-order valence-electron chi connectivity index (χ2n) is 3.22. The standard InChI is InChI=1S/C6H10O2.C4H3NO2/c7-6-4-2-1-3-5-8-6;6-3-1-2-4(7)5-3/h1-5H2;1-2H,(H,5,6,7). The van der Waals surface area contributed by atoms with Gasteiger partial charge >= 0.3 is 5.97 Å². The van der Waals surface area contributed by atoms with Crippen molar-refractivity contribution >= 4 is 17.8 Å². The van der Waals surface area contributed by atoms with Crippen LogP contribution in [0.5, 0.6) is 0 Å². The van der Waals surface area contributed by atoms with E-state index in [1.807, 2.05) is 5.32 Å². The molecule has 2 rings (SSSR count). The van der Waals surface area contributed by atoms with Gasteiger partial charge in [0.05, 0.1) is 6.61 Å². The fraction of sp³-hybridized carbons (Fsp3) is 0.500. The monoisotopic (exact) mass is 211 g/mol. The number of hydrogen-bond donors (Lipinski definition) is 1. The largest absolute Gasteiger partial charge is 0.466 e. The Bertz CT molecular complexity index is 270. The van der Waals surface area contributed by atoms with Crippen molar-refractivity contribution in [3.8, 4) is 0 Å². The van der Waals surface area contributed by atoms with Crippen LogP contribution in [0.15, 0.2) is 12.2 Å². The molecule has 2 heterocycles. The maximum absolute atomic E-state index is 10.5. The fourth-order valence-electron chi connectivity index (χ4n) is 1.16. The molecule has 1 saturated heterocycles. The van der Waals surface area contributed by atoms with E-state index in [1.165, 1.54) is 12.2 Å². The lowest BCUT2D eigenvalue weighted by Gasteiger charge is -1.93. The Kier molecular flexibility index (Phi) is 4.53. The summed E-state index contributed by atoms with van der Waals surface area (Å²) in [5.74, 6) is -0.683. The molecule has 0 aromatic heterocycles. The summed E-state index contributed by atoms with van der Waals surface area (Å²) in [7, 11) is 0. The van der Waals surface area contributed by atoms with Crippen LogP contribution in [0.25, 0.3) is 0 Å². The summed E-state index contributed by atoms with van der Waals surface area (Å²) >= 11 is 0. The van der Waals surface area contributed by atoms with Crippen molar-refractivity contribution in [3.05, 3.63) is 12.2 Å². The first-order chi connectivity index (χ1) is 7.18. The molecule has 15 heavy (non-hydrogen) atoms. The van der Waals surface area contributed by atoms with Crippen LogP contribution in [0.4, 0.5) is 0 Å². The Morgan fingerprint density at radius 3 is 2.20 bits per heavy atom. The maximum Gasteiger partial charge on any atom is 0.305 e. The van der Waals surface area contributed by atoms with Crippen molar-refractivity contribution in [2.75, 3.05) is 6.61 Å². The SMILES string of the molecule is O=C1C=CC(=O)N1.O=C1CCCCCO1. The van der Waals surface area contributed by atoms with Crippen molar-refractivity contribution in [1.82, 2.24) is 5.32 Å². The van der Waals surface area contributed by atoms with Crippen molar-refractivity contribution < 1.29 is 19.1 Å². The number of esters is 1. The van der Waals surface area contributed by atoms with Crippen LogP contribution in [-0.2, 0) is 19.1 Å². The number of carbonyl (C=O) groups excluding carboxylic acids is 3. The second kappa shape index (κ2) is 5.95. The van der Waals surface area contributed by atoms with E-state index in [4.69, 9.17) is 4.74 Å². The van der Waals surface area contributed by atoms with Crippen LogP contribution in [0, 0.1) is 0 Å². The summed E-state index contributed by atoms with van der Waals surface area (Å²) in [4.78, 5) is 30.5.